The Morgan fingerprint density at radius 3 is 2.30 bits per heavy atom. The fourth-order valence-electron chi connectivity index (χ4n) is 3.41. The highest BCUT2D eigenvalue weighted by Crippen LogP contribution is 2.17. The SMILES string of the molecule is Cc1ccc(OCCCN2CCN(S(=O)(=O)N3CCOCC3)CC2)cc1C. The molecule has 2 aliphatic rings. The summed E-state index contributed by atoms with van der Waals surface area (Å²) < 4.78 is 39.6. The fourth-order valence-corrected chi connectivity index (χ4v) is 4.97. The number of ether oxygens (including phenoxy) is 2. The molecule has 0 radical (unpaired) electrons. The van der Waals surface area contributed by atoms with E-state index in [0.717, 1.165) is 31.8 Å². The molecule has 1 aromatic rings. The molecule has 0 bridgehead atoms. The summed E-state index contributed by atoms with van der Waals surface area (Å²) in [5, 5.41) is 0. The van der Waals surface area contributed by atoms with Crippen LogP contribution in [0.25, 0.3) is 0 Å². The van der Waals surface area contributed by atoms with Crippen molar-refractivity contribution in [1.29, 1.82) is 0 Å². The molecule has 8 heteroatoms. The summed E-state index contributed by atoms with van der Waals surface area (Å²) in [6.07, 6.45) is 0.934. The average Bonchev–Trinajstić information content (AvgIpc) is 2.69. The van der Waals surface area contributed by atoms with Gasteiger partial charge < -0.3 is 14.4 Å². The maximum atomic E-state index is 12.7. The second kappa shape index (κ2) is 9.34. The van der Waals surface area contributed by atoms with E-state index in [1.165, 1.54) is 11.1 Å². The Morgan fingerprint density at radius 2 is 1.63 bits per heavy atom. The molecule has 1 aromatic carbocycles. The number of benzene rings is 1. The lowest BCUT2D eigenvalue weighted by Gasteiger charge is -2.37. The molecule has 2 saturated heterocycles. The largest absolute Gasteiger partial charge is 0.494 e. The van der Waals surface area contributed by atoms with E-state index in [1.807, 2.05) is 6.07 Å². The van der Waals surface area contributed by atoms with Crippen molar-refractivity contribution in [3.8, 4) is 5.75 Å². The van der Waals surface area contributed by atoms with Gasteiger partial charge in [-0.2, -0.15) is 17.0 Å². The van der Waals surface area contributed by atoms with Gasteiger partial charge in [0, 0.05) is 45.8 Å². The summed E-state index contributed by atoms with van der Waals surface area (Å²) in [4.78, 5) is 2.31. The zero-order chi connectivity index (χ0) is 19.3. The van der Waals surface area contributed by atoms with Crippen molar-refractivity contribution in [2.24, 2.45) is 0 Å². The smallest absolute Gasteiger partial charge is 0.282 e. The number of rotatable bonds is 7. The molecule has 3 rings (SSSR count). The summed E-state index contributed by atoms with van der Waals surface area (Å²) in [6, 6.07) is 6.17. The number of hydrogen-bond donors (Lipinski definition) is 0. The quantitative estimate of drug-likeness (QED) is 0.649. The summed E-state index contributed by atoms with van der Waals surface area (Å²) in [5.74, 6) is 0.916. The Kier molecular flexibility index (Phi) is 7.10. The van der Waals surface area contributed by atoms with Crippen molar-refractivity contribution in [3.05, 3.63) is 29.3 Å². The Bertz CT molecular complexity index is 712. The van der Waals surface area contributed by atoms with Crippen LogP contribution in [0, 0.1) is 13.8 Å². The number of morpholine rings is 1. The van der Waals surface area contributed by atoms with E-state index in [2.05, 4.69) is 30.9 Å². The van der Waals surface area contributed by atoms with Gasteiger partial charge in [0.25, 0.3) is 10.2 Å². The molecule has 152 valence electrons. The maximum absolute atomic E-state index is 12.7. The Morgan fingerprint density at radius 1 is 0.963 bits per heavy atom. The highest BCUT2D eigenvalue weighted by molar-refractivity contribution is 7.86. The molecule has 7 nitrogen and oxygen atoms in total. The molecule has 0 amide bonds. The van der Waals surface area contributed by atoms with Gasteiger partial charge in [0.2, 0.25) is 0 Å². The van der Waals surface area contributed by atoms with E-state index in [9.17, 15) is 8.42 Å². The standard InChI is InChI=1S/C19H31N3O4S/c1-17-4-5-19(16-18(17)2)26-13-3-6-20-7-9-21(10-8-20)27(23,24)22-11-14-25-15-12-22/h4-5,16H,3,6-15H2,1-2H3. The first-order valence-corrected chi connectivity index (χ1v) is 11.1. The van der Waals surface area contributed by atoms with Gasteiger partial charge >= 0.3 is 0 Å². The molecule has 0 atom stereocenters. The van der Waals surface area contributed by atoms with Crippen molar-refractivity contribution in [1.82, 2.24) is 13.5 Å². The van der Waals surface area contributed by atoms with Crippen molar-refractivity contribution in [2.75, 3.05) is 65.6 Å². The molecule has 2 aliphatic heterocycles. The van der Waals surface area contributed by atoms with Gasteiger partial charge in [0.1, 0.15) is 5.75 Å². The van der Waals surface area contributed by atoms with Crippen LogP contribution >= 0.6 is 0 Å². The lowest BCUT2D eigenvalue weighted by atomic mass is 10.1. The number of piperazine rings is 1. The van der Waals surface area contributed by atoms with Crippen LogP contribution in [-0.4, -0.2) is 87.6 Å². The van der Waals surface area contributed by atoms with Crippen molar-refractivity contribution < 1.29 is 17.9 Å². The first kappa shape index (κ1) is 20.5. The minimum atomic E-state index is -3.34. The van der Waals surface area contributed by atoms with Crippen LogP contribution in [-0.2, 0) is 14.9 Å². The molecule has 0 aromatic heterocycles. The summed E-state index contributed by atoms with van der Waals surface area (Å²) in [5.41, 5.74) is 2.51. The zero-order valence-electron chi connectivity index (χ0n) is 16.4. The van der Waals surface area contributed by atoms with E-state index in [0.29, 0.717) is 46.0 Å². The van der Waals surface area contributed by atoms with Crippen LogP contribution in [0.2, 0.25) is 0 Å². The lowest BCUT2D eigenvalue weighted by molar-refractivity contribution is 0.0684. The number of hydrogen-bond acceptors (Lipinski definition) is 5. The fraction of sp³-hybridized carbons (Fsp3) is 0.684. The minimum absolute atomic E-state index is 0.457. The Labute approximate surface area is 163 Å². The molecule has 0 saturated carbocycles. The first-order valence-electron chi connectivity index (χ1n) is 9.72. The first-order chi connectivity index (χ1) is 13.0. The summed E-state index contributed by atoms with van der Waals surface area (Å²) in [6.45, 7) is 10.3. The third-order valence-corrected chi connectivity index (χ3v) is 7.36. The Balaban J connectivity index is 1.37. The number of nitrogens with zero attached hydrogens (tertiary/aromatic N) is 3. The van der Waals surface area contributed by atoms with Crippen LogP contribution in [0.4, 0.5) is 0 Å². The van der Waals surface area contributed by atoms with Gasteiger partial charge in [-0.25, -0.2) is 0 Å². The molecule has 2 fully saturated rings. The second-order valence-corrected chi connectivity index (χ2v) is 9.14. The molecular formula is C19H31N3O4S. The van der Waals surface area contributed by atoms with Gasteiger partial charge in [-0.05, 0) is 43.5 Å². The van der Waals surface area contributed by atoms with Gasteiger partial charge in [0.05, 0.1) is 19.8 Å². The molecule has 0 spiro atoms. The highest BCUT2D eigenvalue weighted by Gasteiger charge is 2.33. The van der Waals surface area contributed by atoms with Gasteiger partial charge in [-0.15, -0.1) is 0 Å². The van der Waals surface area contributed by atoms with Crippen LogP contribution in [0.3, 0.4) is 0 Å². The lowest BCUT2D eigenvalue weighted by Crippen LogP contribution is -2.55. The molecule has 0 unspecified atom stereocenters. The third-order valence-electron chi connectivity index (χ3n) is 5.32. The molecule has 27 heavy (non-hydrogen) atoms. The summed E-state index contributed by atoms with van der Waals surface area (Å²) in [7, 11) is -3.34. The minimum Gasteiger partial charge on any atom is -0.494 e. The monoisotopic (exact) mass is 397 g/mol. The molecule has 0 aliphatic carbocycles. The van der Waals surface area contributed by atoms with Crippen molar-refractivity contribution >= 4 is 10.2 Å². The number of aryl methyl sites for hydroxylation is 2. The van der Waals surface area contributed by atoms with Crippen molar-refractivity contribution in [3.63, 3.8) is 0 Å². The average molecular weight is 398 g/mol. The van der Waals surface area contributed by atoms with E-state index in [1.54, 1.807) is 8.61 Å². The predicted molar refractivity (Wildman–Crippen MR) is 105 cm³/mol. The van der Waals surface area contributed by atoms with Gasteiger partial charge in [-0.1, -0.05) is 6.07 Å². The van der Waals surface area contributed by atoms with Crippen molar-refractivity contribution in [2.45, 2.75) is 20.3 Å². The highest BCUT2D eigenvalue weighted by atomic mass is 32.2. The normalized spacial score (nSPS) is 20.7. The maximum Gasteiger partial charge on any atom is 0.282 e. The van der Waals surface area contributed by atoms with Crippen LogP contribution < -0.4 is 4.74 Å². The zero-order valence-corrected chi connectivity index (χ0v) is 17.2. The predicted octanol–water partition coefficient (Wildman–Crippen LogP) is 1.27. The van der Waals surface area contributed by atoms with Crippen LogP contribution in [0.15, 0.2) is 18.2 Å². The van der Waals surface area contributed by atoms with E-state index in [4.69, 9.17) is 9.47 Å². The van der Waals surface area contributed by atoms with E-state index >= 15 is 0 Å². The second-order valence-electron chi connectivity index (χ2n) is 7.21. The third kappa shape index (κ3) is 5.42. The summed E-state index contributed by atoms with van der Waals surface area (Å²) >= 11 is 0. The van der Waals surface area contributed by atoms with Gasteiger partial charge in [-0.3, -0.25) is 0 Å². The molecular weight excluding hydrogens is 366 g/mol. The van der Waals surface area contributed by atoms with Crippen LogP contribution in [0.1, 0.15) is 17.5 Å². The molecule has 2 heterocycles. The molecule has 0 N–H and O–H groups in total. The topological polar surface area (TPSA) is 62.3 Å². The van der Waals surface area contributed by atoms with E-state index in [-0.39, 0.29) is 0 Å². The Hall–Kier alpha value is -1.19. The van der Waals surface area contributed by atoms with E-state index < -0.39 is 10.2 Å². The van der Waals surface area contributed by atoms with Gasteiger partial charge in [0.15, 0.2) is 0 Å². The van der Waals surface area contributed by atoms with Crippen LogP contribution in [0.5, 0.6) is 5.75 Å².